The van der Waals surface area contributed by atoms with Crippen LogP contribution in [-0.4, -0.2) is 19.0 Å². The number of halogens is 2. The topological polar surface area (TPSA) is 41.1 Å². The molecule has 2 atom stereocenters. The third-order valence-corrected chi connectivity index (χ3v) is 4.50. The summed E-state index contributed by atoms with van der Waals surface area (Å²) in [5.74, 6) is 0.139. The van der Waals surface area contributed by atoms with Gasteiger partial charge in [0.15, 0.2) is 0 Å². The first-order chi connectivity index (χ1) is 11.2. The molecule has 5 heteroatoms. The van der Waals surface area contributed by atoms with Gasteiger partial charge in [0.25, 0.3) is 0 Å². The molecule has 2 aromatic carbocycles. The molecule has 0 aromatic heterocycles. The van der Waals surface area contributed by atoms with Crippen LogP contribution in [0.2, 0.25) is 5.02 Å². The first-order valence-electron chi connectivity index (χ1n) is 8.05. The van der Waals surface area contributed by atoms with Crippen molar-refractivity contribution in [1.82, 2.24) is 10.6 Å². The Morgan fingerprint density at radius 1 is 1.12 bits per heavy atom. The van der Waals surface area contributed by atoms with Gasteiger partial charge in [-0.15, -0.1) is 12.4 Å². The van der Waals surface area contributed by atoms with Crippen LogP contribution in [0.5, 0.6) is 0 Å². The summed E-state index contributed by atoms with van der Waals surface area (Å²) in [6.07, 6.45) is 1.99. The van der Waals surface area contributed by atoms with Crippen molar-refractivity contribution in [3.8, 4) is 0 Å². The van der Waals surface area contributed by atoms with Crippen molar-refractivity contribution in [2.45, 2.75) is 18.9 Å². The van der Waals surface area contributed by atoms with E-state index in [-0.39, 0.29) is 30.3 Å². The first-order valence-corrected chi connectivity index (χ1v) is 8.43. The second-order valence-corrected chi connectivity index (χ2v) is 6.39. The van der Waals surface area contributed by atoms with Gasteiger partial charge in [-0.1, -0.05) is 54.1 Å². The minimum Gasteiger partial charge on any atom is -0.345 e. The largest absolute Gasteiger partial charge is 0.345 e. The summed E-state index contributed by atoms with van der Waals surface area (Å²) >= 11 is 6.14. The lowest BCUT2D eigenvalue weighted by Crippen LogP contribution is -2.42. The van der Waals surface area contributed by atoms with Gasteiger partial charge in [-0.2, -0.15) is 0 Å². The van der Waals surface area contributed by atoms with Crippen LogP contribution in [0.3, 0.4) is 0 Å². The highest BCUT2D eigenvalue weighted by atomic mass is 35.5. The molecule has 2 unspecified atom stereocenters. The summed E-state index contributed by atoms with van der Waals surface area (Å²) in [6.45, 7) is 1.75. The van der Waals surface area contributed by atoms with Gasteiger partial charge in [0, 0.05) is 11.6 Å². The zero-order valence-electron chi connectivity index (χ0n) is 13.4. The summed E-state index contributed by atoms with van der Waals surface area (Å²) < 4.78 is 0. The van der Waals surface area contributed by atoms with Crippen LogP contribution >= 0.6 is 24.0 Å². The van der Waals surface area contributed by atoms with E-state index in [2.05, 4.69) is 10.6 Å². The van der Waals surface area contributed by atoms with Crippen LogP contribution < -0.4 is 10.6 Å². The lowest BCUT2D eigenvalue weighted by molar-refractivity contribution is -0.126. The number of nitrogens with one attached hydrogen (secondary N) is 2. The van der Waals surface area contributed by atoms with Crippen LogP contribution in [0.15, 0.2) is 54.6 Å². The molecule has 1 fully saturated rings. The zero-order chi connectivity index (χ0) is 16.1. The Morgan fingerprint density at radius 3 is 2.54 bits per heavy atom. The Morgan fingerprint density at radius 2 is 1.88 bits per heavy atom. The van der Waals surface area contributed by atoms with Gasteiger partial charge in [-0.05, 0) is 42.6 Å². The average Bonchev–Trinajstić information content (AvgIpc) is 2.61. The van der Waals surface area contributed by atoms with Gasteiger partial charge in [0.2, 0.25) is 5.91 Å². The number of piperidine rings is 1. The number of hydrogen-bond acceptors (Lipinski definition) is 2. The van der Waals surface area contributed by atoms with Gasteiger partial charge < -0.3 is 10.6 Å². The van der Waals surface area contributed by atoms with Crippen LogP contribution in [0.4, 0.5) is 0 Å². The fraction of sp³-hybridized carbons (Fsp3) is 0.316. The summed E-state index contributed by atoms with van der Waals surface area (Å²) in [5, 5.41) is 7.18. The molecule has 0 bridgehead atoms. The highest BCUT2D eigenvalue weighted by Gasteiger charge is 2.24. The molecule has 0 spiro atoms. The summed E-state index contributed by atoms with van der Waals surface area (Å²) in [6, 6.07) is 17.5. The Kier molecular flexibility index (Phi) is 7.10. The maximum atomic E-state index is 12.7. The second kappa shape index (κ2) is 9.07. The molecule has 1 aliphatic heterocycles. The van der Waals surface area contributed by atoms with Gasteiger partial charge in [0.1, 0.15) is 0 Å². The van der Waals surface area contributed by atoms with Crippen LogP contribution in [0, 0.1) is 5.92 Å². The van der Waals surface area contributed by atoms with Crippen molar-refractivity contribution in [3.05, 3.63) is 70.7 Å². The summed E-state index contributed by atoms with van der Waals surface area (Å²) in [7, 11) is 0. The van der Waals surface area contributed by atoms with E-state index in [1.807, 2.05) is 54.6 Å². The van der Waals surface area contributed by atoms with E-state index in [9.17, 15) is 4.79 Å². The van der Waals surface area contributed by atoms with Gasteiger partial charge in [-0.25, -0.2) is 0 Å². The van der Waals surface area contributed by atoms with E-state index in [1.54, 1.807) is 0 Å². The molecule has 0 radical (unpaired) electrons. The molecule has 0 saturated carbocycles. The lowest BCUT2D eigenvalue weighted by Gasteiger charge is -2.26. The Labute approximate surface area is 154 Å². The molecule has 24 heavy (non-hydrogen) atoms. The third kappa shape index (κ3) is 4.73. The highest BCUT2D eigenvalue weighted by molar-refractivity contribution is 6.30. The number of carbonyl (C=O) groups excluding carboxylic acids is 1. The van der Waals surface area contributed by atoms with Gasteiger partial charge in [0.05, 0.1) is 12.0 Å². The van der Waals surface area contributed by atoms with E-state index in [1.165, 1.54) is 0 Å². The zero-order valence-corrected chi connectivity index (χ0v) is 14.9. The standard InChI is InChI=1S/C19H21ClN2O.ClH/c20-17-10-4-8-15(12-17)18(14-6-2-1-3-7-14)22-19(23)16-9-5-11-21-13-16;/h1-4,6-8,10,12,16,18,21H,5,9,11,13H2,(H,22,23);1H. The molecule has 3 nitrogen and oxygen atoms in total. The predicted molar refractivity (Wildman–Crippen MR) is 101 cm³/mol. The van der Waals surface area contributed by atoms with Crippen molar-refractivity contribution < 1.29 is 4.79 Å². The monoisotopic (exact) mass is 364 g/mol. The first kappa shape index (κ1) is 18.8. The van der Waals surface area contributed by atoms with Crippen molar-refractivity contribution in [2.24, 2.45) is 5.92 Å². The van der Waals surface area contributed by atoms with Crippen molar-refractivity contribution >= 4 is 29.9 Å². The molecular formula is C19H22Cl2N2O. The Balaban J connectivity index is 0.00000208. The molecule has 1 heterocycles. The number of rotatable bonds is 4. The van der Waals surface area contributed by atoms with E-state index in [0.29, 0.717) is 5.02 Å². The quantitative estimate of drug-likeness (QED) is 0.861. The number of benzene rings is 2. The fourth-order valence-electron chi connectivity index (χ4n) is 3.03. The normalized spacial score (nSPS) is 18.3. The summed E-state index contributed by atoms with van der Waals surface area (Å²) in [5.41, 5.74) is 2.06. The predicted octanol–water partition coefficient (Wildman–Crippen LogP) is 3.97. The second-order valence-electron chi connectivity index (χ2n) is 5.95. The molecule has 3 rings (SSSR count). The van der Waals surface area contributed by atoms with E-state index < -0.39 is 0 Å². The van der Waals surface area contributed by atoms with Crippen LogP contribution in [-0.2, 0) is 4.79 Å². The van der Waals surface area contributed by atoms with Crippen molar-refractivity contribution in [1.29, 1.82) is 0 Å². The molecule has 1 saturated heterocycles. The fourth-order valence-corrected chi connectivity index (χ4v) is 3.23. The van der Waals surface area contributed by atoms with Gasteiger partial charge in [-0.3, -0.25) is 4.79 Å². The van der Waals surface area contributed by atoms with E-state index in [0.717, 1.165) is 37.1 Å². The number of hydrogen-bond donors (Lipinski definition) is 2. The van der Waals surface area contributed by atoms with Crippen molar-refractivity contribution in [2.75, 3.05) is 13.1 Å². The molecule has 1 amide bonds. The molecule has 128 valence electrons. The van der Waals surface area contributed by atoms with Crippen LogP contribution in [0.1, 0.15) is 30.0 Å². The molecule has 2 N–H and O–H groups in total. The minimum absolute atomic E-state index is 0. The Bertz CT molecular complexity index is 657. The number of carbonyl (C=O) groups is 1. The van der Waals surface area contributed by atoms with Crippen molar-refractivity contribution in [3.63, 3.8) is 0 Å². The summed E-state index contributed by atoms with van der Waals surface area (Å²) in [4.78, 5) is 12.7. The highest BCUT2D eigenvalue weighted by Crippen LogP contribution is 2.25. The lowest BCUT2D eigenvalue weighted by atomic mass is 9.95. The van der Waals surface area contributed by atoms with Crippen LogP contribution in [0.25, 0.3) is 0 Å². The smallest absolute Gasteiger partial charge is 0.225 e. The SMILES string of the molecule is Cl.O=C(NC(c1ccccc1)c1cccc(Cl)c1)C1CCCNC1. The third-order valence-electron chi connectivity index (χ3n) is 4.27. The molecular weight excluding hydrogens is 343 g/mol. The molecule has 0 aliphatic carbocycles. The molecule has 2 aromatic rings. The van der Waals surface area contributed by atoms with E-state index in [4.69, 9.17) is 11.6 Å². The number of amides is 1. The molecule has 1 aliphatic rings. The maximum Gasteiger partial charge on any atom is 0.225 e. The minimum atomic E-state index is -0.177. The average molecular weight is 365 g/mol. The van der Waals surface area contributed by atoms with Gasteiger partial charge >= 0.3 is 0 Å². The maximum absolute atomic E-state index is 12.7. The Hall–Kier alpha value is -1.55. The van der Waals surface area contributed by atoms with E-state index >= 15 is 0 Å².